The third-order valence-corrected chi connectivity index (χ3v) is 7.05. The molecule has 0 spiro atoms. The topological polar surface area (TPSA) is 57.4 Å². The van der Waals surface area contributed by atoms with Crippen molar-refractivity contribution in [3.05, 3.63) is 82.9 Å². The van der Waals surface area contributed by atoms with E-state index in [0.29, 0.717) is 11.8 Å². The minimum Gasteiger partial charge on any atom is -0.493 e. The molecule has 41 heavy (non-hydrogen) atoms. The average Bonchev–Trinajstić information content (AvgIpc) is 3.47. The maximum absolute atomic E-state index is 5.92. The lowest BCUT2D eigenvalue weighted by atomic mass is 10.1. The Kier molecular flexibility index (Phi) is 13.4. The summed E-state index contributed by atoms with van der Waals surface area (Å²) in [6.07, 6.45) is 9.92. The molecule has 0 aliphatic rings. The summed E-state index contributed by atoms with van der Waals surface area (Å²) in [5.41, 5.74) is 6.59. The molecular formula is C36H48N2O3. The third-order valence-electron chi connectivity index (χ3n) is 7.05. The van der Waals surface area contributed by atoms with Crippen LogP contribution in [0.25, 0.3) is 22.9 Å². The Morgan fingerprint density at radius 3 is 1.71 bits per heavy atom. The second kappa shape index (κ2) is 17.3. The van der Waals surface area contributed by atoms with Crippen LogP contribution < -0.4 is 9.47 Å². The fourth-order valence-corrected chi connectivity index (χ4v) is 4.49. The van der Waals surface area contributed by atoms with Crippen LogP contribution in [0.4, 0.5) is 0 Å². The maximum Gasteiger partial charge on any atom is 0.248 e. The van der Waals surface area contributed by atoms with Gasteiger partial charge in [-0.3, -0.25) is 0 Å². The zero-order chi connectivity index (χ0) is 29.5. The number of aromatic nitrogens is 2. The Morgan fingerprint density at radius 2 is 1.15 bits per heavy atom. The van der Waals surface area contributed by atoms with Gasteiger partial charge in [0.2, 0.25) is 11.8 Å². The molecule has 0 radical (unpaired) electrons. The predicted octanol–water partition coefficient (Wildman–Crippen LogP) is 10.2. The molecule has 0 saturated heterocycles. The second-order valence-corrected chi connectivity index (χ2v) is 10.8. The van der Waals surface area contributed by atoms with E-state index in [1.54, 1.807) is 0 Å². The number of aryl methyl sites for hydroxylation is 4. The van der Waals surface area contributed by atoms with E-state index in [4.69, 9.17) is 13.9 Å². The number of hydrogen-bond donors (Lipinski definition) is 0. The molecule has 0 amide bonds. The van der Waals surface area contributed by atoms with Gasteiger partial charge < -0.3 is 13.9 Å². The van der Waals surface area contributed by atoms with Crippen molar-refractivity contribution in [3.8, 4) is 34.4 Å². The molecular weight excluding hydrogens is 508 g/mol. The zero-order valence-corrected chi connectivity index (χ0v) is 26.0. The Bertz CT molecular complexity index is 1270. The second-order valence-electron chi connectivity index (χ2n) is 10.8. The quantitative estimate of drug-likeness (QED) is 0.145. The molecule has 0 bridgehead atoms. The third kappa shape index (κ3) is 10.4. The fourth-order valence-electron chi connectivity index (χ4n) is 4.49. The van der Waals surface area contributed by atoms with Crippen molar-refractivity contribution in [1.29, 1.82) is 0 Å². The fraction of sp³-hybridized carbons (Fsp3) is 0.444. The van der Waals surface area contributed by atoms with Crippen molar-refractivity contribution in [2.75, 3.05) is 13.2 Å². The van der Waals surface area contributed by atoms with Gasteiger partial charge in [0.05, 0.1) is 13.2 Å². The van der Waals surface area contributed by atoms with E-state index >= 15 is 0 Å². The molecule has 0 N–H and O–H groups in total. The van der Waals surface area contributed by atoms with Gasteiger partial charge in [0, 0.05) is 11.1 Å². The monoisotopic (exact) mass is 556 g/mol. The van der Waals surface area contributed by atoms with Crippen LogP contribution in [-0.4, -0.2) is 23.4 Å². The highest BCUT2D eigenvalue weighted by molar-refractivity contribution is 5.61. The number of benzene rings is 3. The number of rotatable bonds is 14. The summed E-state index contributed by atoms with van der Waals surface area (Å²) in [5, 5.41) is 8.27. The lowest BCUT2D eigenvalue weighted by Gasteiger charge is -2.14. The molecule has 0 saturated carbocycles. The Hall–Kier alpha value is -3.60. The van der Waals surface area contributed by atoms with Crippen molar-refractivity contribution in [2.24, 2.45) is 0 Å². The van der Waals surface area contributed by atoms with Crippen LogP contribution in [0.3, 0.4) is 0 Å². The smallest absolute Gasteiger partial charge is 0.248 e. The van der Waals surface area contributed by atoms with Crippen molar-refractivity contribution >= 4 is 0 Å². The zero-order valence-electron chi connectivity index (χ0n) is 26.0. The first-order valence-electron chi connectivity index (χ1n) is 15.3. The largest absolute Gasteiger partial charge is 0.493 e. The highest BCUT2D eigenvalue weighted by Gasteiger charge is 2.12. The molecule has 0 aliphatic carbocycles. The summed E-state index contributed by atoms with van der Waals surface area (Å²) in [5.74, 6) is 3.14. The summed E-state index contributed by atoms with van der Waals surface area (Å²) in [6.45, 7) is 14.4. The van der Waals surface area contributed by atoms with Gasteiger partial charge in [-0.2, -0.15) is 0 Å². The molecule has 1 heterocycles. The number of unbranched alkanes of at least 4 members (excludes halogenated alkanes) is 6. The normalized spacial score (nSPS) is 10.7. The van der Waals surface area contributed by atoms with Crippen LogP contribution in [0.15, 0.2) is 65.1 Å². The van der Waals surface area contributed by atoms with E-state index in [0.717, 1.165) is 54.2 Å². The molecule has 5 nitrogen and oxygen atoms in total. The van der Waals surface area contributed by atoms with Crippen LogP contribution in [0.5, 0.6) is 11.5 Å². The van der Waals surface area contributed by atoms with Gasteiger partial charge in [-0.15, -0.1) is 10.2 Å². The van der Waals surface area contributed by atoms with Gasteiger partial charge in [0.25, 0.3) is 0 Å². The van der Waals surface area contributed by atoms with E-state index < -0.39 is 0 Å². The van der Waals surface area contributed by atoms with Crippen LogP contribution >= 0.6 is 0 Å². The van der Waals surface area contributed by atoms with Crippen molar-refractivity contribution < 1.29 is 13.9 Å². The van der Waals surface area contributed by atoms with Crippen LogP contribution in [0.2, 0.25) is 0 Å². The molecule has 5 heteroatoms. The molecule has 1 aromatic heterocycles. The first-order chi connectivity index (χ1) is 19.9. The first kappa shape index (κ1) is 31.9. The summed E-state index contributed by atoms with van der Waals surface area (Å²) >= 11 is 0. The standard InChI is InChI=1S/C20H34O2.C16H14N2O/c1-5-7-9-11-13-21-19-15-18(4)20(16-17(19)3)22-14-12-10-8-6-2;1-11-8-9-12(2)14(10-11)16-18-17-15(19-16)13-6-4-3-5-7-13/h15-16H,5-14H2,1-4H3;3-10H,1-2H3. The van der Waals surface area contributed by atoms with Gasteiger partial charge in [-0.25, -0.2) is 0 Å². The average molecular weight is 557 g/mol. The Labute approximate surface area is 247 Å². The maximum atomic E-state index is 5.92. The van der Waals surface area contributed by atoms with Gasteiger partial charge in [0.1, 0.15) is 11.5 Å². The van der Waals surface area contributed by atoms with Crippen LogP contribution in [0.1, 0.15) is 87.5 Å². The van der Waals surface area contributed by atoms with E-state index in [-0.39, 0.29) is 0 Å². The Balaban J connectivity index is 0.000000227. The Morgan fingerprint density at radius 1 is 0.585 bits per heavy atom. The van der Waals surface area contributed by atoms with E-state index in [2.05, 4.69) is 75.1 Å². The van der Waals surface area contributed by atoms with Crippen molar-refractivity contribution in [3.63, 3.8) is 0 Å². The minimum absolute atomic E-state index is 0.552. The SMILES string of the molecule is CCCCCCOc1cc(C)c(OCCCCCC)cc1C.Cc1ccc(C)c(-c2nnc(-c3ccccc3)o2)c1. The van der Waals surface area contributed by atoms with E-state index in [1.807, 2.05) is 37.3 Å². The first-order valence-corrected chi connectivity index (χ1v) is 15.3. The van der Waals surface area contributed by atoms with Gasteiger partial charge in [-0.05, 0) is 87.6 Å². The molecule has 0 fully saturated rings. The summed E-state index contributed by atoms with van der Waals surface area (Å²) in [6, 6.07) is 20.2. The lowest BCUT2D eigenvalue weighted by molar-refractivity contribution is 0.294. The van der Waals surface area contributed by atoms with Gasteiger partial charge in [0.15, 0.2) is 0 Å². The lowest BCUT2D eigenvalue weighted by Crippen LogP contribution is -2.02. The number of nitrogens with zero attached hydrogens (tertiary/aromatic N) is 2. The van der Waals surface area contributed by atoms with Crippen LogP contribution in [-0.2, 0) is 0 Å². The van der Waals surface area contributed by atoms with Crippen LogP contribution in [0, 0.1) is 27.7 Å². The molecule has 220 valence electrons. The minimum atomic E-state index is 0.552. The summed E-state index contributed by atoms with van der Waals surface area (Å²) in [7, 11) is 0. The highest BCUT2D eigenvalue weighted by Crippen LogP contribution is 2.29. The summed E-state index contributed by atoms with van der Waals surface area (Å²) in [4.78, 5) is 0. The predicted molar refractivity (Wildman–Crippen MR) is 170 cm³/mol. The molecule has 0 unspecified atom stereocenters. The number of hydrogen-bond acceptors (Lipinski definition) is 5. The molecule has 4 rings (SSSR count). The summed E-state index contributed by atoms with van der Waals surface area (Å²) < 4.78 is 17.6. The number of ether oxygens (including phenoxy) is 2. The van der Waals surface area contributed by atoms with Gasteiger partial charge in [-0.1, -0.05) is 88.3 Å². The molecule has 0 atom stereocenters. The van der Waals surface area contributed by atoms with Crippen molar-refractivity contribution in [1.82, 2.24) is 10.2 Å². The van der Waals surface area contributed by atoms with Gasteiger partial charge >= 0.3 is 0 Å². The van der Waals surface area contributed by atoms with E-state index in [9.17, 15) is 0 Å². The van der Waals surface area contributed by atoms with E-state index in [1.165, 1.54) is 55.2 Å². The molecule has 4 aromatic rings. The molecule has 0 aliphatic heterocycles. The highest BCUT2D eigenvalue weighted by atomic mass is 16.5. The van der Waals surface area contributed by atoms with Crippen molar-refractivity contribution in [2.45, 2.75) is 92.9 Å². The molecule has 3 aromatic carbocycles.